The molecular formula is C21H27NO3. The van der Waals surface area contributed by atoms with Gasteiger partial charge in [-0.3, -0.25) is 0 Å². The van der Waals surface area contributed by atoms with Gasteiger partial charge in [0.05, 0.1) is 20.3 Å². The molecule has 0 saturated carbocycles. The number of likely N-dealkylation sites (N-methyl/N-ethyl adjacent to an activating group) is 1. The second kappa shape index (κ2) is 7.89. The Morgan fingerprint density at radius 3 is 2.60 bits per heavy atom. The first-order chi connectivity index (χ1) is 12.1. The lowest BCUT2D eigenvalue weighted by Gasteiger charge is -2.36. The fraction of sp³-hybridized carbons (Fsp3) is 0.429. The highest BCUT2D eigenvalue weighted by molar-refractivity contribution is 5.43. The van der Waals surface area contributed by atoms with Gasteiger partial charge in [-0.1, -0.05) is 30.3 Å². The minimum Gasteiger partial charge on any atom is -0.493 e. The molecule has 0 radical (unpaired) electrons. The second-order valence-electron chi connectivity index (χ2n) is 6.67. The van der Waals surface area contributed by atoms with E-state index in [4.69, 9.17) is 9.47 Å². The van der Waals surface area contributed by atoms with Crippen molar-refractivity contribution in [2.75, 3.05) is 27.8 Å². The minimum absolute atomic E-state index is 0.162. The molecular weight excluding hydrogens is 314 g/mol. The predicted molar refractivity (Wildman–Crippen MR) is 99.4 cm³/mol. The van der Waals surface area contributed by atoms with Crippen molar-refractivity contribution in [3.8, 4) is 11.5 Å². The largest absolute Gasteiger partial charge is 0.493 e. The summed E-state index contributed by atoms with van der Waals surface area (Å²) in [5.74, 6) is 1.51. The third-order valence-corrected chi connectivity index (χ3v) is 5.21. The van der Waals surface area contributed by atoms with Crippen LogP contribution in [0, 0.1) is 0 Å². The Labute approximate surface area is 150 Å². The summed E-state index contributed by atoms with van der Waals surface area (Å²) in [5, 5.41) is 10.8. The summed E-state index contributed by atoms with van der Waals surface area (Å²) in [6.45, 7) is 0.888. The number of hydrogen-bond donors (Lipinski definition) is 1. The smallest absolute Gasteiger partial charge is 0.160 e. The normalized spacial score (nSPS) is 19.6. The van der Waals surface area contributed by atoms with Gasteiger partial charge in [-0.25, -0.2) is 0 Å². The van der Waals surface area contributed by atoms with Crippen LogP contribution in [-0.2, 0) is 12.8 Å². The summed E-state index contributed by atoms with van der Waals surface area (Å²) in [4.78, 5) is 2.28. The molecule has 1 N–H and O–H groups in total. The molecule has 2 unspecified atom stereocenters. The molecule has 0 aromatic heterocycles. The zero-order valence-corrected chi connectivity index (χ0v) is 15.2. The van der Waals surface area contributed by atoms with Crippen molar-refractivity contribution in [2.45, 2.75) is 31.4 Å². The van der Waals surface area contributed by atoms with Gasteiger partial charge in [0.25, 0.3) is 0 Å². The molecule has 2 aromatic carbocycles. The number of ether oxygens (including phenoxy) is 2. The second-order valence-corrected chi connectivity index (χ2v) is 6.67. The number of aliphatic hydroxyl groups is 1. The lowest BCUT2D eigenvalue weighted by atomic mass is 9.85. The van der Waals surface area contributed by atoms with Gasteiger partial charge in [-0.05, 0) is 55.1 Å². The lowest BCUT2D eigenvalue weighted by Crippen LogP contribution is -2.40. The Balaban J connectivity index is 1.64. The molecule has 0 bridgehead atoms. The summed E-state index contributed by atoms with van der Waals surface area (Å²) < 4.78 is 10.7. The predicted octanol–water partition coefficient (Wildman–Crippen LogP) is 3.23. The number of aliphatic hydroxyl groups excluding tert-OH is 1. The van der Waals surface area contributed by atoms with Crippen molar-refractivity contribution >= 4 is 0 Å². The SMILES string of the molecule is COc1ccc(CCN(C)C2CCc3ccccc3C2O)cc1OC. The van der Waals surface area contributed by atoms with Crippen LogP contribution in [0.1, 0.15) is 29.2 Å². The van der Waals surface area contributed by atoms with E-state index in [0.717, 1.165) is 42.9 Å². The number of benzene rings is 2. The highest BCUT2D eigenvalue weighted by atomic mass is 16.5. The van der Waals surface area contributed by atoms with Crippen LogP contribution in [0.15, 0.2) is 42.5 Å². The van der Waals surface area contributed by atoms with E-state index in [0.29, 0.717) is 0 Å². The number of methoxy groups -OCH3 is 2. The van der Waals surface area contributed by atoms with E-state index in [1.807, 2.05) is 30.3 Å². The van der Waals surface area contributed by atoms with Gasteiger partial charge in [0, 0.05) is 12.6 Å². The number of hydrogen-bond acceptors (Lipinski definition) is 4. The molecule has 3 rings (SSSR count). The molecule has 1 aliphatic rings. The van der Waals surface area contributed by atoms with Crippen molar-refractivity contribution in [2.24, 2.45) is 0 Å². The molecule has 25 heavy (non-hydrogen) atoms. The van der Waals surface area contributed by atoms with E-state index < -0.39 is 6.10 Å². The van der Waals surface area contributed by atoms with E-state index >= 15 is 0 Å². The van der Waals surface area contributed by atoms with Crippen LogP contribution in [-0.4, -0.2) is 43.9 Å². The Bertz CT molecular complexity index is 716. The molecule has 4 heteroatoms. The zero-order valence-electron chi connectivity index (χ0n) is 15.2. The maximum atomic E-state index is 10.8. The summed E-state index contributed by atoms with van der Waals surface area (Å²) in [5.41, 5.74) is 3.56. The van der Waals surface area contributed by atoms with Crippen molar-refractivity contribution in [3.05, 3.63) is 59.2 Å². The molecule has 0 heterocycles. The fourth-order valence-electron chi connectivity index (χ4n) is 3.69. The first-order valence-electron chi connectivity index (χ1n) is 8.81. The molecule has 1 aliphatic carbocycles. The molecule has 0 amide bonds. The number of nitrogens with zero attached hydrogens (tertiary/aromatic N) is 1. The van der Waals surface area contributed by atoms with Gasteiger partial charge in [-0.15, -0.1) is 0 Å². The summed E-state index contributed by atoms with van der Waals surface area (Å²) >= 11 is 0. The Hall–Kier alpha value is -2.04. The van der Waals surface area contributed by atoms with Crippen LogP contribution >= 0.6 is 0 Å². The molecule has 0 fully saturated rings. The quantitative estimate of drug-likeness (QED) is 0.876. The third kappa shape index (κ3) is 3.80. The number of aryl methyl sites for hydroxylation is 1. The van der Waals surface area contributed by atoms with Gasteiger partial charge in [0.1, 0.15) is 0 Å². The van der Waals surface area contributed by atoms with Gasteiger partial charge in [-0.2, -0.15) is 0 Å². The van der Waals surface area contributed by atoms with Crippen molar-refractivity contribution in [1.29, 1.82) is 0 Å². The third-order valence-electron chi connectivity index (χ3n) is 5.21. The van der Waals surface area contributed by atoms with E-state index in [1.165, 1.54) is 11.1 Å². The average molecular weight is 341 g/mol. The molecule has 0 saturated heterocycles. The minimum atomic E-state index is -0.416. The average Bonchev–Trinajstić information content (AvgIpc) is 2.66. The van der Waals surface area contributed by atoms with Gasteiger partial charge in [0.2, 0.25) is 0 Å². The van der Waals surface area contributed by atoms with Crippen LogP contribution in [0.3, 0.4) is 0 Å². The van der Waals surface area contributed by atoms with Gasteiger partial charge in [0.15, 0.2) is 11.5 Å². The highest BCUT2D eigenvalue weighted by Crippen LogP contribution is 2.33. The first-order valence-corrected chi connectivity index (χ1v) is 8.81. The Morgan fingerprint density at radius 1 is 1.08 bits per heavy atom. The zero-order chi connectivity index (χ0) is 17.8. The summed E-state index contributed by atoms with van der Waals surface area (Å²) in [7, 11) is 5.40. The first kappa shape index (κ1) is 17.8. The summed E-state index contributed by atoms with van der Waals surface area (Å²) in [6, 6.07) is 14.4. The highest BCUT2D eigenvalue weighted by Gasteiger charge is 2.30. The maximum absolute atomic E-state index is 10.8. The van der Waals surface area contributed by atoms with Crippen LogP contribution in [0.2, 0.25) is 0 Å². The van der Waals surface area contributed by atoms with E-state index in [1.54, 1.807) is 14.2 Å². The van der Waals surface area contributed by atoms with Crippen molar-refractivity contribution < 1.29 is 14.6 Å². The number of fused-ring (bicyclic) bond motifs is 1. The monoisotopic (exact) mass is 341 g/mol. The molecule has 0 aliphatic heterocycles. The lowest BCUT2D eigenvalue weighted by molar-refractivity contribution is 0.0505. The molecule has 0 spiro atoms. The van der Waals surface area contributed by atoms with Crippen LogP contribution in [0.5, 0.6) is 11.5 Å². The molecule has 4 nitrogen and oxygen atoms in total. The Kier molecular flexibility index (Phi) is 5.61. The maximum Gasteiger partial charge on any atom is 0.160 e. The van der Waals surface area contributed by atoms with Gasteiger partial charge < -0.3 is 19.5 Å². The topological polar surface area (TPSA) is 41.9 Å². The molecule has 2 atom stereocenters. The van der Waals surface area contributed by atoms with E-state index in [9.17, 15) is 5.11 Å². The van der Waals surface area contributed by atoms with Gasteiger partial charge >= 0.3 is 0 Å². The van der Waals surface area contributed by atoms with E-state index in [-0.39, 0.29) is 6.04 Å². The van der Waals surface area contributed by atoms with E-state index in [2.05, 4.69) is 24.1 Å². The number of rotatable bonds is 6. The standard InChI is InChI=1S/C21H27NO3/c1-22(13-12-15-8-11-19(24-2)20(14-15)25-3)18-10-9-16-6-4-5-7-17(16)21(18)23/h4-8,11,14,18,21,23H,9-10,12-13H2,1-3H3. The molecule has 2 aromatic rings. The van der Waals surface area contributed by atoms with Crippen molar-refractivity contribution in [1.82, 2.24) is 4.90 Å². The van der Waals surface area contributed by atoms with Crippen LogP contribution in [0.25, 0.3) is 0 Å². The molecule has 134 valence electrons. The summed E-state index contributed by atoms with van der Waals surface area (Å²) in [6.07, 6.45) is 2.50. The van der Waals surface area contributed by atoms with Crippen LogP contribution in [0.4, 0.5) is 0 Å². The van der Waals surface area contributed by atoms with Crippen molar-refractivity contribution in [3.63, 3.8) is 0 Å². The Morgan fingerprint density at radius 2 is 1.84 bits per heavy atom. The fourth-order valence-corrected chi connectivity index (χ4v) is 3.69. The van der Waals surface area contributed by atoms with Crippen LogP contribution < -0.4 is 9.47 Å².